The number of rotatable bonds is 3. The fraction of sp³-hybridized carbons (Fsp3) is 0.286. The van der Waals surface area contributed by atoms with E-state index in [1.807, 2.05) is 17.5 Å². The molecule has 0 saturated heterocycles. The highest BCUT2D eigenvalue weighted by Gasteiger charge is 2.23. The summed E-state index contributed by atoms with van der Waals surface area (Å²) in [7, 11) is 0. The molecule has 22 heavy (non-hydrogen) atoms. The number of imidazole rings is 1. The number of thiazole rings is 1. The number of hydrogen-bond donors (Lipinski definition) is 1. The Morgan fingerprint density at radius 2 is 2.23 bits per heavy atom. The van der Waals surface area contributed by atoms with Crippen LogP contribution in [0.25, 0.3) is 4.96 Å². The van der Waals surface area contributed by atoms with E-state index in [2.05, 4.69) is 15.7 Å². The van der Waals surface area contributed by atoms with Gasteiger partial charge in [0.05, 0.1) is 12.2 Å². The van der Waals surface area contributed by atoms with Gasteiger partial charge in [-0.3, -0.25) is 9.20 Å². The summed E-state index contributed by atoms with van der Waals surface area (Å²) in [6.07, 6.45) is 1.95. The third-order valence-corrected chi connectivity index (χ3v) is 5.27. The van der Waals surface area contributed by atoms with Crippen molar-refractivity contribution in [2.24, 2.45) is 0 Å². The summed E-state index contributed by atoms with van der Waals surface area (Å²) in [5.74, 6) is 1.04. The van der Waals surface area contributed by atoms with E-state index in [0.29, 0.717) is 36.1 Å². The topological polar surface area (TPSA) is 64.9 Å². The number of nitrogens with zero attached hydrogens (tertiary/aromatic N) is 2. The second kappa shape index (κ2) is 5.29. The fourth-order valence-corrected chi connectivity index (χ4v) is 4.01. The van der Waals surface area contributed by atoms with Crippen molar-refractivity contribution in [1.29, 1.82) is 0 Å². The van der Waals surface area contributed by atoms with Gasteiger partial charge < -0.3 is 14.8 Å². The molecule has 114 valence electrons. The molecule has 1 aliphatic heterocycles. The number of hydrogen-bond acceptors (Lipinski definition) is 6. The van der Waals surface area contributed by atoms with Gasteiger partial charge in [0.15, 0.2) is 16.5 Å². The molecule has 8 heteroatoms. The van der Waals surface area contributed by atoms with Crippen molar-refractivity contribution in [2.75, 3.05) is 13.2 Å². The van der Waals surface area contributed by atoms with E-state index < -0.39 is 0 Å². The van der Waals surface area contributed by atoms with Gasteiger partial charge in [0, 0.05) is 22.7 Å². The van der Waals surface area contributed by atoms with Gasteiger partial charge in [0.1, 0.15) is 18.1 Å². The van der Waals surface area contributed by atoms with Gasteiger partial charge in [-0.1, -0.05) is 0 Å². The van der Waals surface area contributed by atoms with Gasteiger partial charge in [-0.05, 0) is 6.92 Å². The molecule has 0 radical (unpaired) electrons. The molecule has 0 fully saturated rings. The SMILES string of the molecule is Cc1csc2nc(CNC(=O)c3scc4c3OCCO4)cn12. The van der Waals surface area contributed by atoms with Crippen LogP contribution in [0.5, 0.6) is 11.5 Å². The zero-order valence-electron chi connectivity index (χ0n) is 11.8. The van der Waals surface area contributed by atoms with Crippen LogP contribution in [0.3, 0.4) is 0 Å². The summed E-state index contributed by atoms with van der Waals surface area (Å²) in [5, 5.41) is 6.75. The lowest BCUT2D eigenvalue weighted by Gasteiger charge is -2.15. The maximum Gasteiger partial charge on any atom is 0.265 e. The van der Waals surface area contributed by atoms with Crippen LogP contribution < -0.4 is 14.8 Å². The number of carbonyl (C=O) groups excluding carboxylic acids is 1. The van der Waals surface area contributed by atoms with E-state index in [1.165, 1.54) is 11.3 Å². The lowest BCUT2D eigenvalue weighted by molar-refractivity contribution is 0.0945. The molecule has 3 aromatic rings. The minimum absolute atomic E-state index is 0.162. The molecule has 0 aromatic carbocycles. The maximum absolute atomic E-state index is 12.3. The molecule has 0 spiro atoms. The van der Waals surface area contributed by atoms with E-state index in [-0.39, 0.29) is 5.91 Å². The van der Waals surface area contributed by atoms with Crippen LogP contribution in [0.15, 0.2) is 17.0 Å². The Bertz CT molecular complexity index is 849. The summed E-state index contributed by atoms with van der Waals surface area (Å²) in [6.45, 7) is 3.42. The Morgan fingerprint density at radius 3 is 3.09 bits per heavy atom. The van der Waals surface area contributed by atoms with Gasteiger partial charge in [-0.15, -0.1) is 22.7 Å². The van der Waals surface area contributed by atoms with E-state index in [4.69, 9.17) is 9.47 Å². The van der Waals surface area contributed by atoms with Gasteiger partial charge in [-0.25, -0.2) is 4.98 Å². The molecule has 3 aromatic heterocycles. The summed E-state index contributed by atoms with van der Waals surface area (Å²) in [4.78, 5) is 18.3. The fourth-order valence-electron chi connectivity index (χ4n) is 2.30. The Morgan fingerprint density at radius 1 is 1.36 bits per heavy atom. The lowest BCUT2D eigenvalue weighted by atomic mass is 10.3. The Hall–Kier alpha value is -2.06. The van der Waals surface area contributed by atoms with Crippen LogP contribution in [-0.2, 0) is 6.54 Å². The summed E-state index contributed by atoms with van der Waals surface area (Å²) < 4.78 is 13.0. The van der Waals surface area contributed by atoms with Crippen molar-refractivity contribution in [3.8, 4) is 11.5 Å². The van der Waals surface area contributed by atoms with E-state index in [9.17, 15) is 4.79 Å². The molecule has 0 unspecified atom stereocenters. The van der Waals surface area contributed by atoms with E-state index in [0.717, 1.165) is 16.3 Å². The molecule has 6 nitrogen and oxygen atoms in total. The van der Waals surface area contributed by atoms with Gasteiger partial charge >= 0.3 is 0 Å². The van der Waals surface area contributed by atoms with Crippen molar-refractivity contribution < 1.29 is 14.3 Å². The van der Waals surface area contributed by atoms with E-state index >= 15 is 0 Å². The van der Waals surface area contributed by atoms with Crippen molar-refractivity contribution in [3.05, 3.63) is 33.2 Å². The molecule has 0 atom stereocenters. The molecular formula is C14H13N3O3S2. The van der Waals surface area contributed by atoms with Crippen LogP contribution in [-0.4, -0.2) is 28.5 Å². The number of carbonyl (C=O) groups is 1. The molecule has 4 rings (SSSR count). The zero-order valence-corrected chi connectivity index (χ0v) is 13.4. The average molecular weight is 335 g/mol. The zero-order chi connectivity index (χ0) is 15.1. The predicted octanol–water partition coefficient (Wildman–Crippen LogP) is 2.47. The molecule has 0 bridgehead atoms. The largest absolute Gasteiger partial charge is 0.485 e. The quantitative estimate of drug-likeness (QED) is 0.798. The monoisotopic (exact) mass is 335 g/mol. The standard InChI is InChI=1S/C14H13N3O3S2/c1-8-6-22-14-16-9(5-17(8)14)4-15-13(18)12-11-10(7-21-12)19-2-3-20-11/h5-7H,2-4H2,1H3,(H,15,18). The van der Waals surface area contributed by atoms with Crippen LogP contribution in [0.4, 0.5) is 0 Å². The first-order chi connectivity index (χ1) is 10.7. The summed E-state index contributed by atoms with van der Waals surface area (Å²) in [6, 6.07) is 0. The first-order valence-electron chi connectivity index (χ1n) is 6.80. The van der Waals surface area contributed by atoms with Crippen LogP contribution in [0.2, 0.25) is 0 Å². The Balaban J connectivity index is 1.49. The summed E-state index contributed by atoms with van der Waals surface area (Å²) in [5.41, 5.74) is 1.98. The van der Waals surface area contributed by atoms with Crippen molar-refractivity contribution in [1.82, 2.24) is 14.7 Å². The van der Waals surface area contributed by atoms with E-state index in [1.54, 1.807) is 16.7 Å². The highest BCUT2D eigenvalue weighted by Crippen LogP contribution is 2.39. The van der Waals surface area contributed by atoms with Crippen molar-refractivity contribution in [2.45, 2.75) is 13.5 Å². The van der Waals surface area contributed by atoms with Crippen molar-refractivity contribution >= 4 is 33.5 Å². The number of amides is 1. The molecule has 0 aliphatic carbocycles. The molecule has 1 aliphatic rings. The summed E-state index contributed by atoms with van der Waals surface area (Å²) >= 11 is 2.92. The first-order valence-corrected chi connectivity index (χ1v) is 8.55. The van der Waals surface area contributed by atoms with Gasteiger partial charge in [0.2, 0.25) is 0 Å². The van der Waals surface area contributed by atoms with Gasteiger partial charge in [-0.2, -0.15) is 0 Å². The van der Waals surface area contributed by atoms with Crippen molar-refractivity contribution in [3.63, 3.8) is 0 Å². The number of aryl methyl sites for hydroxylation is 1. The molecule has 1 N–H and O–H groups in total. The second-order valence-corrected chi connectivity index (χ2v) is 6.62. The second-order valence-electron chi connectivity index (χ2n) is 4.90. The maximum atomic E-state index is 12.3. The smallest absolute Gasteiger partial charge is 0.265 e. The van der Waals surface area contributed by atoms with Gasteiger partial charge in [0.25, 0.3) is 5.91 Å². The highest BCUT2D eigenvalue weighted by molar-refractivity contribution is 7.15. The van der Waals surface area contributed by atoms with Crippen LogP contribution >= 0.6 is 22.7 Å². The molecular weight excluding hydrogens is 322 g/mol. The average Bonchev–Trinajstić information content (AvgIpc) is 3.21. The van der Waals surface area contributed by atoms with Crippen LogP contribution in [0, 0.1) is 6.92 Å². The number of nitrogens with one attached hydrogen (secondary N) is 1. The normalized spacial score (nSPS) is 13.5. The number of thiophene rings is 1. The van der Waals surface area contributed by atoms with Crippen LogP contribution in [0.1, 0.15) is 21.1 Å². The Kier molecular flexibility index (Phi) is 3.27. The molecule has 0 saturated carbocycles. The third-order valence-electron chi connectivity index (χ3n) is 3.38. The lowest BCUT2D eigenvalue weighted by Crippen LogP contribution is -2.23. The highest BCUT2D eigenvalue weighted by atomic mass is 32.1. The number of fused-ring (bicyclic) bond motifs is 2. The number of aromatic nitrogens is 2. The predicted molar refractivity (Wildman–Crippen MR) is 84.3 cm³/mol. The number of ether oxygens (including phenoxy) is 2. The minimum Gasteiger partial charge on any atom is -0.485 e. The molecule has 1 amide bonds. The Labute approximate surface area is 134 Å². The minimum atomic E-state index is -0.162. The first kappa shape index (κ1) is 13.6. The molecule has 4 heterocycles. The third kappa shape index (κ3) is 2.24.